The second kappa shape index (κ2) is 7.08. The van der Waals surface area contributed by atoms with Gasteiger partial charge in [-0.3, -0.25) is 0 Å². The van der Waals surface area contributed by atoms with E-state index in [9.17, 15) is 9.65 Å². The summed E-state index contributed by atoms with van der Waals surface area (Å²) in [6.07, 6.45) is 0. The molecule has 0 N–H and O–H groups in total. The molecule has 0 atom stereocenters. The maximum absolute atomic E-state index is 14.8. The summed E-state index contributed by atoms with van der Waals surface area (Å²) in [5.41, 5.74) is 5.20. The smallest absolute Gasteiger partial charge is 0.135 e. The molecule has 0 aliphatic rings. The van der Waals surface area contributed by atoms with E-state index in [0.29, 0.717) is 16.7 Å². The number of rotatable bonds is 2. The Hall–Kier alpha value is -4.42. The number of furan rings is 1. The van der Waals surface area contributed by atoms with Gasteiger partial charge in [0, 0.05) is 16.3 Å². The maximum Gasteiger partial charge on any atom is 0.135 e. The molecule has 1 heterocycles. The van der Waals surface area contributed by atoms with Crippen molar-refractivity contribution in [3.8, 4) is 28.3 Å². The van der Waals surface area contributed by atoms with E-state index in [-0.39, 0.29) is 0 Å². The first kappa shape index (κ1) is 18.4. The highest BCUT2D eigenvalue weighted by atomic mass is 19.1. The normalized spacial score (nSPS) is 11.2. The lowest BCUT2D eigenvalue weighted by Crippen LogP contribution is -1.92. The SMILES string of the molecule is N#Cc1cccc(F)c1-c1ccc(-c2ccc3oc4ccccc4c3c2)c2ccccc12. The third-order valence-corrected chi connectivity index (χ3v) is 6.02. The summed E-state index contributed by atoms with van der Waals surface area (Å²) in [7, 11) is 0. The van der Waals surface area contributed by atoms with Gasteiger partial charge >= 0.3 is 0 Å². The molecule has 0 fully saturated rings. The monoisotopic (exact) mass is 413 g/mol. The predicted molar refractivity (Wildman–Crippen MR) is 127 cm³/mol. The van der Waals surface area contributed by atoms with Crippen LogP contribution in [0.15, 0.2) is 101 Å². The summed E-state index contributed by atoms with van der Waals surface area (Å²) < 4.78 is 20.8. The Bertz CT molecular complexity index is 1700. The van der Waals surface area contributed by atoms with Crippen LogP contribution in [0.2, 0.25) is 0 Å². The van der Waals surface area contributed by atoms with Crippen molar-refractivity contribution in [3.63, 3.8) is 0 Å². The molecule has 0 radical (unpaired) electrons. The van der Waals surface area contributed by atoms with Crippen LogP contribution in [0.1, 0.15) is 5.56 Å². The lowest BCUT2D eigenvalue weighted by atomic mass is 9.90. The van der Waals surface area contributed by atoms with Gasteiger partial charge in [0.05, 0.1) is 11.6 Å². The van der Waals surface area contributed by atoms with E-state index >= 15 is 0 Å². The molecule has 1 aromatic heterocycles. The summed E-state index contributed by atoms with van der Waals surface area (Å²) in [5.74, 6) is -0.395. The van der Waals surface area contributed by atoms with E-state index in [1.54, 1.807) is 12.1 Å². The van der Waals surface area contributed by atoms with E-state index in [0.717, 1.165) is 43.8 Å². The Kier molecular flexibility index (Phi) is 4.06. The van der Waals surface area contributed by atoms with Gasteiger partial charge in [-0.1, -0.05) is 66.7 Å². The molecule has 6 aromatic rings. The van der Waals surface area contributed by atoms with Gasteiger partial charge in [-0.05, 0) is 57.8 Å². The number of fused-ring (bicyclic) bond motifs is 4. The first-order valence-electron chi connectivity index (χ1n) is 10.4. The summed E-state index contributed by atoms with van der Waals surface area (Å²) >= 11 is 0. The number of nitrogens with zero attached hydrogens (tertiary/aromatic N) is 1. The fourth-order valence-corrected chi connectivity index (χ4v) is 4.55. The molecule has 0 unspecified atom stereocenters. The molecule has 3 heteroatoms. The molecule has 5 aromatic carbocycles. The van der Waals surface area contributed by atoms with Gasteiger partial charge in [0.2, 0.25) is 0 Å². The molecule has 0 bridgehead atoms. The standard InChI is InChI=1S/C29H16FNO/c30-26-10-5-6-19(17-31)29(26)24-14-13-20(21-7-1-2-8-22(21)24)18-12-15-28-25(16-18)23-9-3-4-11-27(23)32-28/h1-16H. The number of hydrogen-bond acceptors (Lipinski definition) is 2. The molecule has 0 saturated carbocycles. The molecule has 6 rings (SSSR count). The average Bonchev–Trinajstić information content (AvgIpc) is 3.21. The van der Waals surface area contributed by atoms with Crippen LogP contribution in [-0.4, -0.2) is 0 Å². The maximum atomic E-state index is 14.8. The van der Waals surface area contributed by atoms with Crippen LogP contribution >= 0.6 is 0 Å². The van der Waals surface area contributed by atoms with Gasteiger partial charge in [-0.2, -0.15) is 5.26 Å². The lowest BCUT2D eigenvalue weighted by molar-refractivity contribution is 0.631. The molecular weight excluding hydrogens is 397 g/mol. The van der Waals surface area contributed by atoms with Crippen molar-refractivity contribution >= 4 is 32.7 Å². The summed E-state index contributed by atoms with van der Waals surface area (Å²) in [5, 5.41) is 13.6. The highest BCUT2D eigenvalue weighted by molar-refractivity contribution is 6.09. The number of para-hydroxylation sites is 1. The van der Waals surface area contributed by atoms with E-state index in [2.05, 4.69) is 24.3 Å². The van der Waals surface area contributed by atoms with Gasteiger partial charge < -0.3 is 4.42 Å². The average molecular weight is 413 g/mol. The zero-order chi connectivity index (χ0) is 21.7. The van der Waals surface area contributed by atoms with Gasteiger partial charge in [0.1, 0.15) is 17.0 Å². The number of nitriles is 1. The second-order valence-electron chi connectivity index (χ2n) is 7.79. The van der Waals surface area contributed by atoms with Crippen LogP contribution in [0.4, 0.5) is 4.39 Å². The van der Waals surface area contributed by atoms with Crippen molar-refractivity contribution in [2.24, 2.45) is 0 Å². The highest BCUT2D eigenvalue weighted by Gasteiger charge is 2.16. The van der Waals surface area contributed by atoms with Gasteiger partial charge in [0.15, 0.2) is 0 Å². The Labute approximate surface area is 183 Å². The van der Waals surface area contributed by atoms with Crippen molar-refractivity contribution in [1.82, 2.24) is 0 Å². The van der Waals surface area contributed by atoms with Gasteiger partial charge in [-0.15, -0.1) is 0 Å². The van der Waals surface area contributed by atoms with E-state index < -0.39 is 5.82 Å². The van der Waals surface area contributed by atoms with Gasteiger partial charge in [0.25, 0.3) is 0 Å². The molecule has 0 saturated heterocycles. The van der Waals surface area contributed by atoms with Crippen LogP contribution in [0.5, 0.6) is 0 Å². The minimum Gasteiger partial charge on any atom is -0.456 e. The molecule has 2 nitrogen and oxygen atoms in total. The number of halogens is 1. The molecule has 150 valence electrons. The van der Waals surface area contributed by atoms with Crippen LogP contribution in [0.25, 0.3) is 55.0 Å². The molecule has 0 amide bonds. The minimum atomic E-state index is -0.395. The quantitative estimate of drug-likeness (QED) is 0.288. The summed E-state index contributed by atoms with van der Waals surface area (Å²) in [6, 6.07) is 32.8. The first-order chi connectivity index (χ1) is 15.7. The lowest BCUT2D eigenvalue weighted by Gasteiger charge is -2.13. The van der Waals surface area contributed by atoms with Crippen molar-refractivity contribution in [3.05, 3.63) is 108 Å². The second-order valence-corrected chi connectivity index (χ2v) is 7.79. The van der Waals surface area contributed by atoms with Crippen molar-refractivity contribution in [2.45, 2.75) is 0 Å². The summed E-state index contributed by atoms with van der Waals surface area (Å²) in [4.78, 5) is 0. The van der Waals surface area contributed by atoms with Crippen molar-refractivity contribution in [1.29, 1.82) is 5.26 Å². The Morgan fingerprint density at radius 2 is 1.31 bits per heavy atom. The van der Waals surface area contributed by atoms with E-state index in [1.165, 1.54) is 6.07 Å². The molecule has 0 aliphatic heterocycles. The fraction of sp³-hybridized carbons (Fsp3) is 0. The highest BCUT2D eigenvalue weighted by Crippen LogP contribution is 2.39. The van der Waals surface area contributed by atoms with Crippen molar-refractivity contribution < 1.29 is 8.81 Å². The fourth-order valence-electron chi connectivity index (χ4n) is 4.55. The van der Waals surface area contributed by atoms with Crippen LogP contribution < -0.4 is 0 Å². The Morgan fingerprint density at radius 3 is 2.12 bits per heavy atom. The zero-order valence-electron chi connectivity index (χ0n) is 17.0. The zero-order valence-corrected chi connectivity index (χ0v) is 17.0. The third-order valence-electron chi connectivity index (χ3n) is 6.02. The van der Waals surface area contributed by atoms with E-state index in [1.807, 2.05) is 60.7 Å². The Balaban J connectivity index is 1.62. The molecular formula is C29H16FNO. The minimum absolute atomic E-state index is 0.328. The summed E-state index contributed by atoms with van der Waals surface area (Å²) in [6.45, 7) is 0. The topological polar surface area (TPSA) is 36.9 Å². The van der Waals surface area contributed by atoms with E-state index in [4.69, 9.17) is 4.42 Å². The number of hydrogen-bond donors (Lipinski definition) is 0. The number of benzene rings is 5. The largest absolute Gasteiger partial charge is 0.456 e. The first-order valence-corrected chi connectivity index (χ1v) is 10.4. The molecule has 32 heavy (non-hydrogen) atoms. The van der Waals surface area contributed by atoms with Crippen LogP contribution in [0, 0.1) is 17.1 Å². The third kappa shape index (κ3) is 2.71. The molecule has 0 spiro atoms. The molecule has 0 aliphatic carbocycles. The predicted octanol–water partition coefficient (Wildman–Crippen LogP) is 8.08. The van der Waals surface area contributed by atoms with Crippen LogP contribution in [0.3, 0.4) is 0 Å². The van der Waals surface area contributed by atoms with Crippen LogP contribution in [-0.2, 0) is 0 Å². The Morgan fingerprint density at radius 1 is 0.625 bits per heavy atom. The van der Waals surface area contributed by atoms with Crippen molar-refractivity contribution in [2.75, 3.05) is 0 Å². The van der Waals surface area contributed by atoms with Gasteiger partial charge in [-0.25, -0.2) is 4.39 Å².